The molecule has 1 amide bonds. The summed E-state index contributed by atoms with van der Waals surface area (Å²) in [6.07, 6.45) is -1.38. The number of carbonyl (C=O) groups is 3. The minimum Gasteiger partial charge on any atom is -0.497 e. The van der Waals surface area contributed by atoms with E-state index in [2.05, 4.69) is 0 Å². The van der Waals surface area contributed by atoms with Crippen LogP contribution in [0.15, 0.2) is 115 Å². The second-order valence-electron chi connectivity index (χ2n) is 8.27. The van der Waals surface area contributed by atoms with E-state index in [9.17, 15) is 14.4 Å². The van der Waals surface area contributed by atoms with E-state index >= 15 is 0 Å². The van der Waals surface area contributed by atoms with Crippen LogP contribution in [0, 0.1) is 0 Å². The summed E-state index contributed by atoms with van der Waals surface area (Å²) in [7, 11) is 1.55. The lowest BCUT2D eigenvalue weighted by atomic mass is 9.99. The lowest BCUT2D eigenvalue weighted by molar-refractivity contribution is -0.148. The van der Waals surface area contributed by atoms with Gasteiger partial charge in [-0.05, 0) is 48.5 Å². The molecule has 0 heterocycles. The van der Waals surface area contributed by atoms with Gasteiger partial charge in [-0.25, -0.2) is 0 Å². The number of rotatable bonds is 10. The van der Waals surface area contributed by atoms with Crippen molar-refractivity contribution in [2.75, 3.05) is 12.0 Å². The Morgan fingerprint density at radius 1 is 0.676 bits per heavy atom. The number of Topliss-reactive ketones (excluding diaryl/α,β-unsaturated/α-hetero) is 1. The van der Waals surface area contributed by atoms with Crippen molar-refractivity contribution in [2.24, 2.45) is 0 Å². The second-order valence-corrected chi connectivity index (χ2v) is 8.27. The molecule has 0 saturated carbocycles. The number of para-hydroxylation sites is 2. The Balaban J connectivity index is 1.49. The topological polar surface area (TPSA) is 72.9 Å². The first-order chi connectivity index (χ1) is 18.1. The number of nitrogens with zero attached hydrogens (tertiary/aromatic N) is 1. The monoisotopic (exact) mass is 493 g/mol. The van der Waals surface area contributed by atoms with E-state index in [0.29, 0.717) is 28.3 Å². The van der Waals surface area contributed by atoms with Gasteiger partial charge in [0.05, 0.1) is 13.5 Å². The number of carbonyl (C=O) groups excluding carboxylic acids is 3. The van der Waals surface area contributed by atoms with Crippen LogP contribution in [0.4, 0.5) is 11.4 Å². The first-order valence-electron chi connectivity index (χ1n) is 11.9. The van der Waals surface area contributed by atoms with Gasteiger partial charge in [0.1, 0.15) is 5.75 Å². The van der Waals surface area contributed by atoms with Crippen molar-refractivity contribution in [3.05, 3.63) is 126 Å². The van der Waals surface area contributed by atoms with Crippen molar-refractivity contribution in [2.45, 2.75) is 18.9 Å². The average molecular weight is 494 g/mol. The standard InChI is InChI=1S/C31H27NO5/c1-36-27-19-17-23(18-20-27)30(35)31(24-11-5-2-6-12-24)37-29(34)22-21-28(33)32(25-13-7-3-8-14-25)26-15-9-4-10-16-26/h2-20,31H,21-22H2,1H3. The SMILES string of the molecule is COc1ccc(C(=O)C(OC(=O)CCC(=O)N(c2ccccc2)c2ccccc2)c2ccccc2)cc1. The first-order valence-corrected chi connectivity index (χ1v) is 11.9. The number of hydrogen-bond donors (Lipinski definition) is 0. The quantitative estimate of drug-likeness (QED) is 0.191. The molecule has 4 aromatic rings. The zero-order valence-corrected chi connectivity index (χ0v) is 20.4. The normalized spacial score (nSPS) is 11.3. The lowest BCUT2D eigenvalue weighted by Crippen LogP contribution is -2.27. The third-order valence-electron chi connectivity index (χ3n) is 5.79. The Kier molecular flexibility index (Phi) is 8.45. The Morgan fingerprint density at radius 3 is 1.70 bits per heavy atom. The highest BCUT2D eigenvalue weighted by Gasteiger charge is 2.27. The van der Waals surface area contributed by atoms with E-state index in [4.69, 9.17) is 9.47 Å². The van der Waals surface area contributed by atoms with Gasteiger partial charge in [0.2, 0.25) is 11.7 Å². The Morgan fingerprint density at radius 2 is 1.19 bits per heavy atom. The van der Waals surface area contributed by atoms with Gasteiger partial charge in [-0.1, -0.05) is 66.7 Å². The van der Waals surface area contributed by atoms with Gasteiger partial charge < -0.3 is 9.47 Å². The van der Waals surface area contributed by atoms with E-state index in [1.807, 2.05) is 66.7 Å². The predicted molar refractivity (Wildman–Crippen MR) is 142 cm³/mol. The van der Waals surface area contributed by atoms with E-state index in [-0.39, 0.29) is 24.5 Å². The fraction of sp³-hybridized carbons (Fsp3) is 0.129. The van der Waals surface area contributed by atoms with Gasteiger partial charge in [0.25, 0.3) is 0 Å². The maximum absolute atomic E-state index is 13.3. The highest BCUT2D eigenvalue weighted by molar-refractivity contribution is 6.02. The summed E-state index contributed by atoms with van der Waals surface area (Å²) in [6, 6.07) is 33.9. The van der Waals surface area contributed by atoms with Crippen molar-refractivity contribution in [1.29, 1.82) is 0 Å². The summed E-state index contributed by atoms with van der Waals surface area (Å²) < 4.78 is 10.8. The van der Waals surface area contributed by atoms with Crippen molar-refractivity contribution in [1.82, 2.24) is 0 Å². The number of methoxy groups -OCH3 is 1. The van der Waals surface area contributed by atoms with E-state index in [1.165, 1.54) is 0 Å². The smallest absolute Gasteiger partial charge is 0.307 e. The molecule has 4 rings (SSSR count). The van der Waals surface area contributed by atoms with Gasteiger partial charge in [0, 0.05) is 28.9 Å². The number of esters is 1. The molecule has 1 atom stereocenters. The van der Waals surface area contributed by atoms with Crippen LogP contribution in [0.1, 0.15) is 34.9 Å². The third kappa shape index (κ3) is 6.49. The van der Waals surface area contributed by atoms with Crippen LogP contribution >= 0.6 is 0 Å². The summed E-state index contributed by atoms with van der Waals surface area (Å²) in [5.74, 6) is -0.634. The average Bonchev–Trinajstić information content (AvgIpc) is 2.96. The predicted octanol–water partition coefficient (Wildman–Crippen LogP) is 6.31. The minimum atomic E-state index is -1.13. The summed E-state index contributed by atoms with van der Waals surface area (Å²) in [5.41, 5.74) is 2.34. The molecular formula is C31H27NO5. The maximum atomic E-state index is 13.3. The Bertz CT molecular complexity index is 1280. The zero-order valence-electron chi connectivity index (χ0n) is 20.4. The number of ketones is 1. The fourth-order valence-corrected chi connectivity index (χ4v) is 3.91. The van der Waals surface area contributed by atoms with Crippen molar-refractivity contribution in [3.63, 3.8) is 0 Å². The van der Waals surface area contributed by atoms with Crippen molar-refractivity contribution < 1.29 is 23.9 Å². The van der Waals surface area contributed by atoms with Crippen molar-refractivity contribution in [3.8, 4) is 5.75 Å². The molecular weight excluding hydrogens is 466 g/mol. The Labute approximate surface area is 216 Å². The molecule has 0 aliphatic rings. The molecule has 4 aromatic carbocycles. The first kappa shape index (κ1) is 25.4. The molecule has 0 fully saturated rings. The molecule has 37 heavy (non-hydrogen) atoms. The maximum Gasteiger partial charge on any atom is 0.307 e. The number of anilines is 2. The zero-order chi connectivity index (χ0) is 26.0. The molecule has 0 saturated heterocycles. The van der Waals surface area contributed by atoms with Crippen LogP contribution in [-0.4, -0.2) is 24.8 Å². The number of hydrogen-bond acceptors (Lipinski definition) is 5. The molecule has 0 N–H and O–H groups in total. The fourth-order valence-electron chi connectivity index (χ4n) is 3.91. The third-order valence-corrected chi connectivity index (χ3v) is 5.79. The molecule has 0 aliphatic carbocycles. The van der Waals surface area contributed by atoms with Crippen LogP contribution in [-0.2, 0) is 14.3 Å². The number of ether oxygens (including phenoxy) is 2. The largest absolute Gasteiger partial charge is 0.497 e. The van der Waals surface area contributed by atoms with Crippen LogP contribution in [0.2, 0.25) is 0 Å². The second kappa shape index (κ2) is 12.3. The minimum absolute atomic E-state index is 0.0825. The molecule has 0 aromatic heterocycles. The van der Waals surface area contributed by atoms with Crippen LogP contribution in [0.25, 0.3) is 0 Å². The summed E-state index contributed by atoms with van der Waals surface area (Å²) >= 11 is 0. The van der Waals surface area contributed by atoms with Gasteiger partial charge in [-0.3, -0.25) is 19.3 Å². The molecule has 6 heteroatoms. The number of amides is 1. The highest BCUT2D eigenvalue weighted by atomic mass is 16.5. The molecule has 0 bridgehead atoms. The van der Waals surface area contributed by atoms with Gasteiger partial charge in [0.15, 0.2) is 6.10 Å². The molecule has 0 aliphatic heterocycles. The van der Waals surface area contributed by atoms with E-state index in [1.54, 1.807) is 60.5 Å². The van der Waals surface area contributed by atoms with Crippen LogP contribution in [0.5, 0.6) is 5.75 Å². The molecule has 1 unspecified atom stereocenters. The van der Waals surface area contributed by atoms with Crippen LogP contribution in [0.3, 0.4) is 0 Å². The highest BCUT2D eigenvalue weighted by Crippen LogP contribution is 2.27. The Hall–Kier alpha value is -4.71. The van der Waals surface area contributed by atoms with Gasteiger partial charge in [-0.15, -0.1) is 0 Å². The van der Waals surface area contributed by atoms with Crippen LogP contribution < -0.4 is 9.64 Å². The van der Waals surface area contributed by atoms with Gasteiger partial charge in [-0.2, -0.15) is 0 Å². The summed E-state index contributed by atoms with van der Waals surface area (Å²) in [6.45, 7) is 0. The van der Waals surface area contributed by atoms with E-state index < -0.39 is 12.1 Å². The number of benzene rings is 4. The summed E-state index contributed by atoms with van der Waals surface area (Å²) in [5, 5.41) is 0. The molecule has 186 valence electrons. The lowest BCUT2D eigenvalue weighted by Gasteiger charge is -2.23. The summed E-state index contributed by atoms with van der Waals surface area (Å²) in [4.78, 5) is 41.0. The molecule has 0 radical (unpaired) electrons. The van der Waals surface area contributed by atoms with E-state index in [0.717, 1.165) is 0 Å². The van der Waals surface area contributed by atoms with Crippen molar-refractivity contribution >= 4 is 29.0 Å². The molecule has 0 spiro atoms. The van der Waals surface area contributed by atoms with Gasteiger partial charge >= 0.3 is 5.97 Å². The molecule has 6 nitrogen and oxygen atoms in total.